The van der Waals surface area contributed by atoms with Gasteiger partial charge in [-0.15, -0.1) is 0 Å². The molecule has 4 rings (SSSR count). The molecule has 174 valence electrons. The lowest BCUT2D eigenvalue weighted by molar-refractivity contribution is -0.136. The van der Waals surface area contributed by atoms with Gasteiger partial charge < -0.3 is 10.6 Å². The highest BCUT2D eigenvalue weighted by atomic mass is 16.2. The third kappa shape index (κ3) is 4.74. The summed E-state index contributed by atoms with van der Waals surface area (Å²) >= 11 is 0. The zero-order valence-corrected chi connectivity index (χ0v) is 19.3. The standard InChI is InChI=1S/C25H36N4O3/c1-16-4-7-20(12-17(16)2)28(11-3-10-26)14-18-5-6-19-15-29(25(32)21(19)13-18)22-8-9-23(30)27-24(22)31/h5-6,13,16-17,20,22H,3-4,7-12,14-15,26H2,1-2H3,(H,27,30,31). The molecular weight excluding hydrogens is 404 g/mol. The molecule has 7 nitrogen and oxygen atoms in total. The van der Waals surface area contributed by atoms with Crippen molar-refractivity contribution >= 4 is 17.7 Å². The Bertz CT molecular complexity index is 886. The Morgan fingerprint density at radius 3 is 2.66 bits per heavy atom. The zero-order valence-electron chi connectivity index (χ0n) is 19.3. The van der Waals surface area contributed by atoms with Gasteiger partial charge in [-0.05, 0) is 74.2 Å². The molecule has 1 aromatic carbocycles. The summed E-state index contributed by atoms with van der Waals surface area (Å²) in [6.45, 7) is 7.59. The largest absolute Gasteiger partial charge is 0.330 e. The highest BCUT2D eigenvalue weighted by molar-refractivity contribution is 6.05. The van der Waals surface area contributed by atoms with Crippen molar-refractivity contribution in [2.45, 2.75) is 77.5 Å². The summed E-state index contributed by atoms with van der Waals surface area (Å²) in [5.41, 5.74) is 8.59. The number of amides is 3. The lowest BCUT2D eigenvalue weighted by atomic mass is 9.78. The number of piperidine rings is 1. The number of imide groups is 1. The fraction of sp³-hybridized carbons (Fsp3) is 0.640. The average Bonchev–Trinajstić information content (AvgIpc) is 3.09. The lowest BCUT2D eigenvalue weighted by Gasteiger charge is -2.39. The van der Waals surface area contributed by atoms with Crippen LogP contribution in [0.4, 0.5) is 0 Å². The third-order valence-electron chi connectivity index (χ3n) is 7.71. The summed E-state index contributed by atoms with van der Waals surface area (Å²) in [6.07, 6.45) is 5.31. The van der Waals surface area contributed by atoms with Crippen molar-refractivity contribution in [2.75, 3.05) is 13.1 Å². The normalized spacial score (nSPS) is 28.2. The Hall–Kier alpha value is -2.25. The van der Waals surface area contributed by atoms with Crippen molar-refractivity contribution in [3.63, 3.8) is 0 Å². The SMILES string of the molecule is CC1CCC(N(CCCN)Cc2ccc3c(c2)C(=O)N(C2CCC(=O)NC2=O)C3)CC1C. The molecule has 1 saturated carbocycles. The minimum absolute atomic E-state index is 0.107. The van der Waals surface area contributed by atoms with Crippen LogP contribution in [0.1, 0.15) is 73.9 Å². The zero-order chi connectivity index (χ0) is 22.8. The number of rotatable bonds is 7. The van der Waals surface area contributed by atoms with Gasteiger partial charge in [0.25, 0.3) is 5.91 Å². The van der Waals surface area contributed by atoms with Crippen molar-refractivity contribution in [2.24, 2.45) is 17.6 Å². The van der Waals surface area contributed by atoms with Gasteiger partial charge in [-0.1, -0.05) is 26.0 Å². The molecule has 32 heavy (non-hydrogen) atoms. The summed E-state index contributed by atoms with van der Waals surface area (Å²) in [6, 6.07) is 6.14. The Morgan fingerprint density at radius 2 is 1.94 bits per heavy atom. The van der Waals surface area contributed by atoms with Crippen LogP contribution in [0.2, 0.25) is 0 Å². The first-order valence-corrected chi connectivity index (χ1v) is 12.1. The molecule has 3 amide bonds. The van der Waals surface area contributed by atoms with Gasteiger partial charge in [0.05, 0.1) is 0 Å². The smallest absolute Gasteiger partial charge is 0.255 e. The van der Waals surface area contributed by atoms with Crippen molar-refractivity contribution < 1.29 is 14.4 Å². The molecule has 2 heterocycles. The van der Waals surface area contributed by atoms with E-state index >= 15 is 0 Å². The van der Waals surface area contributed by atoms with E-state index in [0.29, 0.717) is 31.1 Å². The summed E-state index contributed by atoms with van der Waals surface area (Å²) in [5, 5.41) is 2.36. The second-order valence-corrected chi connectivity index (χ2v) is 9.93. The Morgan fingerprint density at radius 1 is 1.12 bits per heavy atom. The van der Waals surface area contributed by atoms with Crippen molar-refractivity contribution in [3.8, 4) is 0 Å². The number of nitrogens with zero attached hydrogens (tertiary/aromatic N) is 2. The topological polar surface area (TPSA) is 95.7 Å². The molecule has 2 fully saturated rings. The van der Waals surface area contributed by atoms with Crippen LogP contribution < -0.4 is 11.1 Å². The van der Waals surface area contributed by atoms with Crippen LogP contribution in [-0.4, -0.2) is 52.7 Å². The van der Waals surface area contributed by atoms with Crippen LogP contribution >= 0.6 is 0 Å². The molecule has 4 atom stereocenters. The summed E-state index contributed by atoms with van der Waals surface area (Å²) in [5.74, 6) is 0.763. The minimum atomic E-state index is -0.567. The van der Waals surface area contributed by atoms with Crippen LogP contribution in [0.25, 0.3) is 0 Å². The van der Waals surface area contributed by atoms with E-state index in [2.05, 4.69) is 30.1 Å². The second-order valence-electron chi connectivity index (χ2n) is 9.93. The highest BCUT2D eigenvalue weighted by Crippen LogP contribution is 2.33. The molecule has 2 aliphatic heterocycles. The molecule has 0 bridgehead atoms. The van der Waals surface area contributed by atoms with E-state index in [1.54, 1.807) is 4.90 Å². The quantitative estimate of drug-likeness (QED) is 0.635. The summed E-state index contributed by atoms with van der Waals surface area (Å²) in [4.78, 5) is 41.1. The maximum atomic E-state index is 13.1. The number of nitrogens with one attached hydrogen (secondary N) is 1. The fourth-order valence-corrected chi connectivity index (χ4v) is 5.47. The molecule has 7 heteroatoms. The molecule has 1 saturated heterocycles. The van der Waals surface area contributed by atoms with Crippen LogP contribution in [0, 0.1) is 11.8 Å². The maximum absolute atomic E-state index is 13.1. The van der Waals surface area contributed by atoms with Crippen molar-refractivity contribution in [3.05, 3.63) is 34.9 Å². The molecular formula is C25H36N4O3. The Labute approximate surface area is 190 Å². The Kier molecular flexibility index (Phi) is 6.96. The predicted octanol–water partition coefficient (Wildman–Crippen LogP) is 2.42. The van der Waals surface area contributed by atoms with Gasteiger partial charge in [0, 0.05) is 31.1 Å². The summed E-state index contributed by atoms with van der Waals surface area (Å²) < 4.78 is 0. The maximum Gasteiger partial charge on any atom is 0.255 e. The fourth-order valence-electron chi connectivity index (χ4n) is 5.47. The van der Waals surface area contributed by atoms with Crippen LogP contribution in [0.5, 0.6) is 0 Å². The molecule has 4 unspecified atom stereocenters. The molecule has 1 aliphatic carbocycles. The first-order valence-electron chi connectivity index (χ1n) is 12.1. The number of hydrogen-bond donors (Lipinski definition) is 2. The van der Waals surface area contributed by atoms with Gasteiger partial charge in [0.2, 0.25) is 11.8 Å². The molecule has 1 aromatic rings. The lowest BCUT2D eigenvalue weighted by Crippen LogP contribution is -2.52. The first-order chi connectivity index (χ1) is 15.4. The van der Waals surface area contributed by atoms with E-state index in [4.69, 9.17) is 5.73 Å². The molecule has 3 N–H and O–H groups in total. The van der Waals surface area contributed by atoms with E-state index in [0.717, 1.165) is 42.5 Å². The van der Waals surface area contributed by atoms with Gasteiger partial charge in [0.15, 0.2) is 0 Å². The predicted molar refractivity (Wildman–Crippen MR) is 123 cm³/mol. The van der Waals surface area contributed by atoms with Crippen LogP contribution in [-0.2, 0) is 22.7 Å². The molecule has 0 radical (unpaired) electrons. The minimum Gasteiger partial charge on any atom is -0.330 e. The highest BCUT2D eigenvalue weighted by Gasteiger charge is 2.39. The number of nitrogens with two attached hydrogens (primary N) is 1. The van der Waals surface area contributed by atoms with Gasteiger partial charge in [-0.3, -0.25) is 24.6 Å². The van der Waals surface area contributed by atoms with Gasteiger partial charge in [-0.2, -0.15) is 0 Å². The van der Waals surface area contributed by atoms with Crippen molar-refractivity contribution in [1.82, 2.24) is 15.1 Å². The van der Waals surface area contributed by atoms with E-state index in [9.17, 15) is 14.4 Å². The van der Waals surface area contributed by atoms with Crippen molar-refractivity contribution in [1.29, 1.82) is 0 Å². The van der Waals surface area contributed by atoms with Gasteiger partial charge in [-0.25, -0.2) is 0 Å². The van der Waals surface area contributed by atoms with E-state index in [-0.39, 0.29) is 24.1 Å². The first kappa shape index (κ1) is 22.9. The van der Waals surface area contributed by atoms with Crippen LogP contribution in [0.15, 0.2) is 18.2 Å². The van der Waals surface area contributed by atoms with Gasteiger partial charge in [0.1, 0.15) is 6.04 Å². The molecule has 0 aromatic heterocycles. The number of fused-ring (bicyclic) bond motifs is 1. The molecule has 3 aliphatic rings. The second kappa shape index (κ2) is 9.71. The van der Waals surface area contributed by atoms with E-state index in [1.807, 2.05) is 12.1 Å². The van der Waals surface area contributed by atoms with Gasteiger partial charge >= 0.3 is 0 Å². The van der Waals surface area contributed by atoms with E-state index < -0.39 is 6.04 Å². The average molecular weight is 441 g/mol. The number of benzene rings is 1. The summed E-state index contributed by atoms with van der Waals surface area (Å²) in [7, 11) is 0. The van der Waals surface area contributed by atoms with Crippen LogP contribution in [0.3, 0.4) is 0 Å². The Balaban J connectivity index is 1.48. The molecule has 0 spiro atoms. The third-order valence-corrected chi connectivity index (χ3v) is 7.71. The monoisotopic (exact) mass is 440 g/mol. The number of carbonyl (C=O) groups is 3. The number of carbonyl (C=O) groups excluding carboxylic acids is 3. The van der Waals surface area contributed by atoms with E-state index in [1.165, 1.54) is 19.3 Å². The number of hydrogen-bond acceptors (Lipinski definition) is 5.